The predicted molar refractivity (Wildman–Crippen MR) is 70.3 cm³/mol. The number of ether oxygens (including phenoxy) is 1. The summed E-state index contributed by atoms with van der Waals surface area (Å²) in [6.45, 7) is 6.05. The molecule has 1 saturated carbocycles. The lowest BCUT2D eigenvalue weighted by atomic mass is 10.2. The van der Waals surface area contributed by atoms with E-state index in [1.54, 1.807) is 0 Å². The molecule has 1 fully saturated rings. The Morgan fingerprint density at radius 2 is 1.94 bits per heavy atom. The van der Waals surface area contributed by atoms with Crippen molar-refractivity contribution >= 4 is 11.6 Å². The molecule has 0 bridgehead atoms. The van der Waals surface area contributed by atoms with Gasteiger partial charge in [0.25, 0.3) is 0 Å². The molecular formula is C13H26ClNO. The van der Waals surface area contributed by atoms with Crippen molar-refractivity contribution in [3.05, 3.63) is 0 Å². The highest BCUT2D eigenvalue weighted by Crippen LogP contribution is 2.23. The summed E-state index contributed by atoms with van der Waals surface area (Å²) >= 11 is 5.85. The van der Waals surface area contributed by atoms with E-state index in [1.807, 2.05) is 0 Å². The molecule has 96 valence electrons. The van der Waals surface area contributed by atoms with Gasteiger partial charge in [-0.1, -0.05) is 26.2 Å². The van der Waals surface area contributed by atoms with Crippen LogP contribution in [-0.4, -0.2) is 43.1 Å². The SMILES string of the molecule is CCCCOCCN(CCCl)C1CCCC1. The van der Waals surface area contributed by atoms with Gasteiger partial charge in [-0.3, -0.25) is 4.90 Å². The maximum atomic E-state index is 5.85. The van der Waals surface area contributed by atoms with Crippen molar-refractivity contribution in [2.24, 2.45) is 0 Å². The van der Waals surface area contributed by atoms with Crippen molar-refractivity contribution in [2.45, 2.75) is 51.5 Å². The van der Waals surface area contributed by atoms with Gasteiger partial charge in [-0.05, 0) is 19.3 Å². The van der Waals surface area contributed by atoms with Crippen LogP contribution in [0.3, 0.4) is 0 Å². The molecule has 0 heterocycles. The van der Waals surface area contributed by atoms with Gasteiger partial charge in [-0.25, -0.2) is 0 Å². The van der Waals surface area contributed by atoms with Gasteiger partial charge in [0.15, 0.2) is 0 Å². The van der Waals surface area contributed by atoms with E-state index in [9.17, 15) is 0 Å². The van der Waals surface area contributed by atoms with E-state index >= 15 is 0 Å². The average molecular weight is 248 g/mol. The minimum atomic E-state index is 0.742. The molecule has 0 spiro atoms. The lowest BCUT2D eigenvalue weighted by Crippen LogP contribution is -2.37. The molecule has 3 heteroatoms. The van der Waals surface area contributed by atoms with Crippen LogP contribution in [0.2, 0.25) is 0 Å². The van der Waals surface area contributed by atoms with Crippen LogP contribution in [0, 0.1) is 0 Å². The Hall–Kier alpha value is 0.210. The normalized spacial score (nSPS) is 17.4. The molecule has 2 nitrogen and oxygen atoms in total. The van der Waals surface area contributed by atoms with E-state index in [0.29, 0.717) is 0 Å². The molecule has 0 N–H and O–H groups in total. The van der Waals surface area contributed by atoms with Crippen LogP contribution in [0.25, 0.3) is 0 Å². The fourth-order valence-electron chi connectivity index (χ4n) is 2.39. The summed E-state index contributed by atoms with van der Waals surface area (Å²) in [6, 6.07) is 0.772. The highest BCUT2D eigenvalue weighted by atomic mass is 35.5. The second-order valence-corrected chi connectivity index (χ2v) is 5.01. The van der Waals surface area contributed by atoms with Crippen LogP contribution in [0.5, 0.6) is 0 Å². The molecule has 0 atom stereocenters. The summed E-state index contributed by atoms with van der Waals surface area (Å²) in [6.07, 6.45) is 7.88. The minimum Gasteiger partial charge on any atom is -0.380 e. The van der Waals surface area contributed by atoms with Crippen LogP contribution in [0.4, 0.5) is 0 Å². The molecule has 0 radical (unpaired) electrons. The van der Waals surface area contributed by atoms with E-state index < -0.39 is 0 Å². The fourth-order valence-corrected chi connectivity index (χ4v) is 2.60. The first-order valence-electron chi connectivity index (χ1n) is 6.76. The van der Waals surface area contributed by atoms with Crippen molar-refractivity contribution in [1.82, 2.24) is 4.90 Å². The first-order valence-corrected chi connectivity index (χ1v) is 7.29. The Balaban J connectivity index is 2.12. The van der Waals surface area contributed by atoms with Gasteiger partial charge in [-0.2, -0.15) is 0 Å². The highest BCUT2D eigenvalue weighted by Gasteiger charge is 2.21. The van der Waals surface area contributed by atoms with Gasteiger partial charge in [0.1, 0.15) is 0 Å². The Morgan fingerprint density at radius 1 is 1.19 bits per heavy atom. The Labute approximate surface area is 105 Å². The van der Waals surface area contributed by atoms with E-state index in [0.717, 1.165) is 38.2 Å². The van der Waals surface area contributed by atoms with E-state index in [-0.39, 0.29) is 0 Å². The number of unbranched alkanes of at least 4 members (excludes halogenated alkanes) is 1. The summed E-state index contributed by atoms with van der Waals surface area (Å²) in [5.41, 5.74) is 0. The molecular weight excluding hydrogens is 222 g/mol. The van der Waals surface area contributed by atoms with Crippen LogP contribution < -0.4 is 0 Å². The fraction of sp³-hybridized carbons (Fsp3) is 1.00. The van der Waals surface area contributed by atoms with Crippen LogP contribution in [-0.2, 0) is 4.74 Å². The maximum absolute atomic E-state index is 5.85. The van der Waals surface area contributed by atoms with Gasteiger partial charge in [0.2, 0.25) is 0 Å². The molecule has 0 aromatic heterocycles. The number of hydrogen-bond acceptors (Lipinski definition) is 2. The summed E-state index contributed by atoms with van der Waals surface area (Å²) in [5, 5.41) is 0. The minimum absolute atomic E-state index is 0.742. The van der Waals surface area contributed by atoms with E-state index in [1.165, 1.54) is 38.5 Å². The second-order valence-electron chi connectivity index (χ2n) is 4.63. The maximum Gasteiger partial charge on any atom is 0.0593 e. The first-order chi connectivity index (χ1) is 7.88. The van der Waals surface area contributed by atoms with Crippen molar-refractivity contribution in [3.8, 4) is 0 Å². The molecule has 1 rings (SSSR count). The number of rotatable bonds is 9. The Kier molecular flexibility index (Phi) is 8.26. The average Bonchev–Trinajstić information content (AvgIpc) is 2.81. The van der Waals surface area contributed by atoms with E-state index in [2.05, 4.69) is 11.8 Å². The summed E-state index contributed by atoms with van der Waals surface area (Å²) in [5.74, 6) is 0.742. The molecule has 0 saturated heterocycles. The summed E-state index contributed by atoms with van der Waals surface area (Å²) in [7, 11) is 0. The topological polar surface area (TPSA) is 12.5 Å². The Bertz CT molecular complexity index is 160. The third kappa shape index (κ3) is 5.51. The largest absolute Gasteiger partial charge is 0.380 e. The van der Waals surface area contributed by atoms with Crippen molar-refractivity contribution in [2.75, 3.05) is 32.2 Å². The molecule has 0 aliphatic heterocycles. The van der Waals surface area contributed by atoms with E-state index in [4.69, 9.17) is 16.3 Å². The van der Waals surface area contributed by atoms with Crippen LogP contribution >= 0.6 is 11.6 Å². The zero-order valence-corrected chi connectivity index (χ0v) is 11.3. The van der Waals surface area contributed by atoms with Crippen molar-refractivity contribution in [3.63, 3.8) is 0 Å². The van der Waals surface area contributed by atoms with Crippen molar-refractivity contribution in [1.29, 1.82) is 0 Å². The summed E-state index contributed by atoms with van der Waals surface area (Å²) < 4.78 is 5.63. The quantitative estimate of drug-likeness (QED) is 0.458. The second kappa shape index (κ2) is 9.26. The number of nitrogens with zero attached hydrogens (tertiary/aromatic N) is 1. The number of halogens is 1. The third-order valence-corrected chi connectivity index (χ3v) is 3.55. The van der Waals surface area contributed by atoms with Crippen LogP contribution in [0.15, 0.2) is 0 Å². The smallest absolute Gasteiger partial charge is 0.0593 e. The lowest BCUT2D eigenvalue weighted by molar-refractivity contribution is 0.0885. The monoisotopic (exact) mass is 247 g/mol. The molecule has 0 unspecified atom stereocenters. The molecule has 0 amide bonds. The van der Waals surface area contributed by atoms with Gasteiger partial charge < -0.3 is 4.74 Å². The first kappa shape index (κ1) is 14.3. The van der Waals surface area contributed by atoms with Crippen molar-refractivity contribution < 1.29 is 4.74 Å². The zero-order chi connectivity index (χ0) is 11.6. The summed E-state index contributed by atoms with van der Waals surface area (Å²) in [4.78, 5) is 2.52. The highest BCUT2D eigenvalue weighted by molar-refractivity contribution is 6.18. The van der Waals surface area contributed by atoms with Gasteiger partial charge >= 0.3 is 0 Å². The molecule has 16 heavy (non-hydrogen) atoms. The Morgan fingerprint density at radius 3 is 2.56 bits per heavy atom. The number of hydrogen-bond donors (Lipinski definition) is 0. The van der Waals surface area contributed by atoms with Crippen LogP contribution in [0.1, 0.15) is 45.4 Å². The lowest BCUT2D eigenvalue weighted by Gasteiger charge is -2.27. The molecule has 1 aliphatic carbocycles. The molecule has 1 aliphatic rings. The third-order valence-electron chi connectivity index (χ3n) is 3.38. The molecule has 0 aromatic rings. The van der Waals surface area contributed by atoms with Gasteiger partial charge in [0, 0.05) is 31.6 Å². The zero-order valence-electron chi connectivity index (χ0n) is 10.6. The predicted octanol–water partition coefficient (Wildman–Crippen LogP) is 3.29. The molecule has 0 aromatic carbocycles. The van der Waals surface area contributed by atoms with Gasteiger partial charge in [0.05, 0.1) is 6.61 Å². The van der Waals surface area contributed by atoms with Gasteiger partial charge in [-0.15, -0.1) is 11.6 Å². The standard InChI is InChI=1S/C13H26ClNO/c1-2-3-11-16-12-10-15(9-8-14)13-6-4-5-7-13/h13H,2-12H2,1H3. The number of alkyl halides is 1.